The van der Waals surface area contributed by atoms with Crippen molar-refractivity contribution in [3.05, 3.63) is 41.6 Å². The number of nitrogens with zero attached hydrogens (tertiary/aromatic N) is 2. The van der Waals surface area contributed by atoms with Gasteiger partial charge in [-0.1, -0.05) is 18.2 Å². The Hall–Kier alpha value is -2.11. The van der Waals surface area contributed by atoms with Gasteiger partial charge in [0.2, 0.25) is 5.95 Å². The van der Waals surface area contributed by atoms with Crippen molar-refractivity contribution >= 4 is 5.95 Å². The molecular formula is C12H10F3N3. The molecule has 18 heavy (non-hydrogen) atoms. The molecule has 0 atom stereocenters. The summed E-state index contributed by atoms with van der Waals surface area (Å²) in [7, 11) is 0. The van der Waals surface area contributed by atoms with Gasteiger partial charge in [-0.05, 0) is 19.1 Å². The summed E-state index contributed by atoms with van der Waals surface area (Å²) < 4.78 is 38.6. The van der Waals surface area contributed by atoms with Crippen LogP contribution in [0.1, 0.15) is 11.3 Å². The number of alkyl halides is 3. The van der Waals surface area contributed by atoms with Crippen LogP contribution in [0.3, 0.4) is 0 Å². The van der Waals surface area contributed by atoms with Crippen LogP contribution >= 0.6 is 0 Å². The van der Waals surface area contributed by atoms with Gasteiger partial charge in [0.1, 0.15) is 0 Å². The van der Waals surface area contributed by atoms with Gasteiger partial charge >= 0.3 is 6.18 Å². The minimum absolute atomic E-state index is 0.00204. The third-order valence-electron chi connectivity index (χ3n) is 2.38. The first kappa shape index (κ1) is 12.3. The largest absolute Gasteiger partial charge is 0.417 e. The molecular weight excluding hydrogens is 243 g/mol. The van der Waals surface area contributed by atoms with E-state index < -0.39 is 11.7 Å². The Kier molecular flexibility index (Phi) is 2.94. The predicted molar refractivity (Wildman–Crippen MR) is 61.6 cm³/mol. The van der Waals surface area contributed by atoms with Crippen LogP contribution in [0.5, 0.6) is 0 Å². The van der Waals surface area contributed by atoms with E-state index in [4.69, 9.17) is 5.73 Å². The zero-order valence-corrected chi connectivity index (χ0v) is 9.49. The second kappa shape index (κ2) is 4.29. The van der Waals surface area contributed by atoms with E-state index in [0.29, 0.717) is 5.69 Å². The van der Waals surface area contributed by atoms with Crippen molar-refractivity contribution in [3.63, 3.8) is 0 Å². The van der Waals surface area contributed by atoms with E-state index >= 15 is 0 Å². The molecule has 0 aliphatic heterocycles. The van der Waals surface area contributed by atoms with Crippen LogP contribution in [0.4, 0.5) is 19.1 Å². The van der Waals surface area contributed by atoms with E-state index in [2.05, 4.69) is 9.97 Å². The molecule has 2 N–H and O–H groups in total. The first-order chi connectivity index (χ1) is 8.38. The fourth-order valence-corrected chi connectivity index (χ4v) is 1.68. The lowest BCUT2D eigenvalue weighted by atomic mass is 10.0. The Bertz CT molecular complexity index is 559. The van der Waals surface area contributed by atoms with Gasteiger partial charge in [-0.25, -0.2) is 9.97 Å². The third kappa shape index (κ3) is 2.42. The molecule has 0 radical (unpaired) electrons. The molecule has 0 saturated heterocycles. The molecule has 0 unspecified atom stereocenters. The molecule has 6 heteroatoms. The van der Waals surface area contributed by atoms with Crippen molar-refractivity contribution in [3.8, 4) is 11.3 Å². The quantitative estimate of drug-likeness (QED) is 0.849. The Labute approximate surface area is 101 Å². The summed E-state index contributed by atoms with van der Waals surface area (Å²) in [6, 6.07) is 6.72. The number of nitrogen functional groups attached to an aromatic ring is 1. The highest BCUT2D eigenvalue weighted by atomic mass is 19.4. The van der Waals surface area contributed by atoms with E-state index in [0.717, 1.165) is 6.07 Å². The number of benzene rings is 1. The number of hydrogen-bond acceptors (Lipinski definition) is 3. The summed E-state index contributed by atoms with van der Waals surface area (Å²) in [4.78, 5) is 7.68. The van der Waals surface area contributed by atoms with Crippen LogP contribution in [0.25, 0.3) is 11.3 Å². The highest BCUT2D eigenvalue weighted by molar-refractivity contribution is 5.65. The van der Waals surface area contributed by atoms with Crippen LogP contribution < -0.4 is 5.73 Å². The molecule has 0 fully saturated rings. The van der Waals surface area contributed by atoms with Crippen LogP contribution in [-0.2, 0) is 6.18 Å². The van der Waals surface area contributed by atoms with Gasteiger partial charge < -0.3 is 5.73 Å². The van der Waals surface area contributed by atoms with Crippen molar-refractivity contribution in [1.29, 1.82) is 0 Å². The predicted octanol–water partition coefficient (Wildman–Crippen LogP) is 3.05. The van der Waals surface area contributed by atoms with Gasteiger partial charge in [0.25, 0.3) is 0 Å². The Morgan fingerprint density at radius 1 is 1.11 bits per heavy atom. The molecule has 0 aliphatic rings. The maximum Gasteiger partial charge on any atom is 0.417 e. The van der Waals surface area contributed by atoms with Gasteiger partial charge in [0, 0.05) is 11.3 Å². The number of halogens is 3. The summed E-state index contributed by atoms with van der Waals surface area (Å²) in [6.07, 6.45) is -4.43. The number of aromatic nitrogens is 2. The van der Waals surface area contributed by atoms with E-state index in [1.165, 1.54) is 24.3 Å². The molecule has 0 spiro atoms. The average molecular weight is 253 g/mol. The van der Waals surface area contributed by atoms with Crippen molar-refractivity contribution in [2.45, 2.75) is 13.1 Å². The van der Waals surface area contributed by atoms with E-state index in [-0.39, 0.29) is 17.2 Å². The second-order valence-electron chi connectivity index (χ2n) is 3.80. The summed E-state index contributed by atoms with van der Waals surface area (Å²) in [5.41, 5.74) is 5.42. The Balaban J connectivity index is 2.64. The maximum absolute atomic E-state index is 12.9. The normalized spacial score (nSPS) is 11.6. The van der Waals surface area contributed by atoms with Crippen molar-refractivity contribution in [2.75, 3.05) is 5.73 Å². The van der Waals surface area contributed by atoms with Crippen LogP contribution in [0, 0.1) is 6.92 Å². The van der Waals surface area contributed by atoms with E-state index in [9.17, 15) is 13.2 Å². The second-order valence-corrected chi connectivity index (χ2v) is 3.80. The standard InChI is InChI=1S/C12H10F3N3/c1-7-6-10(18-11(16)17-7)8-4-2-3-5-9(8)12(13,14)15/h2-6H,1H3,(H2,16,17,18). The summed E-state index contributed by atoms with van der Waals surface area (Å²) in [5, 5.41) is 0. The zero-order chi connectivity index (χ0) is 13.3. The Morgan fingerprint density at radius 3 is 2.39 bits per heavy atom. The van der Waals surface area contributed by atoms with Gasteiger partial charge in [0.15, 0.2) is 0 Å². The van der Waals surface area contributed by atoms with Gasteiger partial charge in [0.05, 0.1) is 11.3 Å². The molecule has 0 bridgehead atoms. The highest BCUT2D eigenvalue weighted by Crippen LogP contribution is 2.36. The number of anilines is 1. The van der Waals surface area contributed by atoms with Crippen LogP contribution in [0.2, 0.25) is 0 Å². The van der Waals surface area contributed by atoms with Gasteiger partial charge in [-0.15, -0.1) is 0 Å². The van der Waals surface area contributed by atoms with E-state index in [1.54, 1.807) is 6.92 Å². The number of rotatable bonds is 1. The Morgan fingerprint density at radius 2 is 1.78 bits per heavy atom. The number of hydrogen-bond donors (Lipinski definition) is 1. The van der Waals surface area contributed by atoms with Crippen LogP contribution in [-0.4, -0.2) is 9.97 Å². The molecule has 2 aromatic rings. The van der Waals surface area contributed by atoms with Crippen molar-refractivity contribution in [2.24, 2.45) is 0 Å². The van der Waals surface area contributed by atoms with Crippen molar-refractivity contribution in [1.82, 2.24) is 9.97 Å². The fourth-order valence-electron chi connectivity index (χ4n) is 1.68. The molecule has 1 heterocycles. The lowest BCUT2D eigenvalue weighted by molar-refractivity contribution is -0.137. The molecule has 1 aromatic carbocycles. The summed E-state index contributed by atoms with van der Waals surface area (Å²) in [6.45, 7) is 1.65. The molecule has 3 nitrogen and oxygen atoms in total. The topological polar surface area (TPSA) is 51.8 Å². The molecule has 0 saturated carbocycles. The molecule has 0 amide bonds. The molecule has 1 aromatic heterocycles. The smallest absolute Gasteiger partial charge is 0.368 e. The highest BCUT2D eigenvalue weighted by Gasteiger charge is 2.33. The molecule has 0 aliphatic carbocycles. The summed E-state index contributed by atoms with van der Waals surface area (Å²) >= 11 is 0. The van der Waals surface area contributed by atoms with Crippen molar-refractivity contribution < 1.29 is 13.2 Å². The average Bonchev–Trinajstić information content (AvgIpc) is 2.26. The minimum atomic E-state index is -4.43. The van der Waals surface area contributed by atoms with E-state index in [1.807, 2.05) is 0 Å². The first-order valence-electron chi connectivity index (χ1n) is 5.15. The summed E-state index contributed by atoms with van der Waals surface area (Å²) in [5.74, 6) is -0.0398. The maximum atomic E-state index is 12.9. The molecule has 94 valence electrons. The monoisotopic (exact) mass is 253 g/mol. The lowest BCUT2D eigenvalue weighted by Crippen LogP contribution is -2.08. The fraction of sp³-hybridized carbons (Fsp3) is 0.167. The molecule has 2 rings (SSSR count). The van der Waals surface area contributed by atoms with Crippen LogP contribution in [0.15, 0.2) is 30.3 Å². The zero-order valence-electron chi connectivity index (χ0n) is 9.49. The number of aryl methyl sites for hydroxylation is 1. The SMILES string of the molecule is Cc1cc(-c2ccccc2C(F)(F)F)nc(N)n1. The van der Waals surface area contributed by atoms with Gasteiger partial charge in [-0.2, -0.15) is 13.2 Å². The van der Waals surface area contributed by atoms with Gasteiger partial charge in [-0.3, -0.25) is 0 Å². The third-order valence-corrected chi connectivity index (χ3v) is 2.38. The first-order valence-corrected chi connectivity index (χ1v) is 5.15. The minimum Gasteiger partial charge on any atom is -0.368 e. The number of nitrogens with two attached hydrogens (primary N) is 1. The lowest BCUT2D eigenvalue weighted by Gasteiger charge is -2.12.